The number of aromatic nitrogens is 2. The van der Waals surface area contributed by atoms with Gasteiger partial charge in [0.15, 0.2) is 5.82 Å². The molecule has 4 nitrogen and oxygen atoms in total. The molecule has 0 saturated heterocycles. The van der Waals surface area contributed by atoms with Gasteiger partial charge in [0.2, 0.25) is 0 Å². The Morgan fingerprint density at radius 3 is 2.14 bits per heavy atom. The molecule has 1 aromatic heterocycles. The zero-order chi connectivity index (χ0) is 20.8. The van der Waals surface area contributed by atoms with Crippen molar-refractivity contribution in [1.29, 1.82) is 5.41 Å². The highest BCUT2D eigenvalue weighted by molar-refractivity contribution is 5.95. The molecule has 0 aliphatic heterocycles. The number of fused-ring (bicyclic) bond motifs is 1. The van der Waals surface area contributed by atoms with Gasteiger partial charge in [-0.15, -0.1) is 0 Å². The summed E-state index contributed by atoms with van der Waals surface area (Å²) in [6.45, 7) is 9.36. The lowest BCUT2D eigenvalue weighted by atomic mass is 9.63. The summed E-state index contributed by atoms with van der Waals surface area (Å²) in [5.74, 6) is 0.737. The average Bonchev–Trinajstić information content (AvgIpc) is 2.71. The molecule has 0 saturated carbocycles. The fourth-order valence-corrected chi connectivity index (χ4v) is 4.21. The Morgan fingerprint density at radius 2 is 1.48 bits per heavy atom. The van der Waals surface area contributed by atoms with E-state index in [9.17, 15) is 0 Å². The first-order chi connectivity index (χ1) is 13.7. The molecule has 0 radical (unpaired) electrons. The lowest BCUT2D eigenvalue weighted by Crippen LogP contribution is -2.33. The van der Waals surface area contributed by atoms with E-state index in [4.69, 9.17) is 16.1 Å². The van der Waals surface area contributed by atoms with Crippen LogP contribution in [0.5, 0.6) is 0 Å². The van der Waals surface area contributed by atoms with Crippen molar-refractivity contribution in [3.63, 3.8) is 0 Å². The number of nitrogens with zero attached hydrogens (tertiary/aromatic N) is 2. The Hall–Kier alpha value is -3.01. The number of amidine groups is 1. The molecule has 1 heterocycles. The Morgan fingerprint density at radius 1 is 0.862 bits per heavy atom. The number of rotatable bonds is 3. The van der Waals surface area contributed by atoms with Crippen molar-refractivity contribution in [3.8, 4) is 22.6 Å². The van der Waals surface area contributed by atoms with E-state index in [1.165, 1.54) is 24.0 Å². The van der Waals surface area contributed by atoms with Crippen LogP contribution >= 0.6 is 0 Å². The Kier molecular flexibility index (Phi) is 4.53. The van der Waals surface area contributed by atoms with Crippen molar-refractivity contribution >= 4 is 5.84 Å². The van der Waals surface area contributed by atoms with Crippen LogP contribution in [0.4, 0.5) is 0 Å². The molecule has 4 rings (SSSR count). The first-order valence-corrected chi connectivity index (χ1v) is 10.1. The fraction of sp³-hybridized carbons (Fsp3) is 0.320. The Labute approximate surface area is 172 Å². The molecule has 0 atom stereocenters. The lowest BCUT2D eigenvalue weighted by molar-refractivity contribution is 0.332. The molecule has 1 aliphatic rings. The van der Waals surface area contributed by atoms with Crippen LogP contribution in [0, 0.1) is 5.41 Å². The topological polar surface area (TPSA) is 75.7 Å². The third-order valence-electron chi connectivity index (χ3n) is 6.26. The summed E-state index contributed by atoms with van der Waals surface area (Å²) in [6.07, 6.45) is 4.21. The van der Waals surface area contributed by atoms with Crippen LogP contribution in [0.1, 0.15) is 57.2 Å². The van der Waals surface area contributed by atoms with Crippen molar-refractivity contribution in [1.82, 2.24) is 9.97 Å². The number of nitrogen functional groups attached to an aromatic ring is 1. The fourth-order valence-electron chi connectivity index (χ4n) is 4.21. The molecule has 3 N–H and O–H groups in total. The minimum absolute atomic E-state index is 0.0609. The molecule has 2 aromatic carbocycles. The van der Waals surface area contributed by atoms with Gasteiger partial charge in [0, 0.05) is 22.9 Å². The van der Waals surface area contributed by atoms with E-state index in [-0.39, 0.29) is 16.7 Å². The molecule has 3 aromatic rings. The van der Waals surface area contributed by atoms with E-state index in [0.29, 0.717) is 11.4 Å². The highest BCUT2D eigenvalue weighted by Crippen LogP contribution is 2.46. The third kappa shape index (κ3) is 3.55. The molecule has 0 fully saturated rings. The third-order valence-corrected chi connectivity index (χ3v) is 6.26. The van der Waals surface area contributed by atoms with Gasteiger partial charge >= 0.3 is 0 Å². The largest absolute Gasteiger partial charge is 0.384 e. The van der Waals surface area contributed by atoms with Crippen LogP contribution in [0.2, 0.25) is 0 Å². The quantitative estimate of drug-likeness (QED) is 0.466. The van der Waals surface area contributed by atoms with E-state index >= 15 is 0 Å². The molecule has 0 bridgehead atoms. The highest BCUT2D eigenvalue weighted by Gasteiger charge is 2.37. The SMILES string of the molecule is CC1(C)CCC(C)(C)c2cc(-c3ccnc(-c4ccc(C(=N)N)cc4)n3)ccc21. The van der Waals surface area contributed by atoms with Gasteiger partial charge in [-0.2, -0.15) is 0 Å². The van der Waals surface area contributed by atoms with Gasteiger partial charge in [-0.3, -0.25) is 5.41 Å². The van der Waals surface area contributed by atoms with Gasteiger partial charge in [0.25, 0.3) is 0 Å². The van der Waals surface area contributed by atoms with E-state index in [1.54, 1.807) is 0 Å². The maximum atomic E-state index is 7.54. The van der Waals surface area contributed by atoms with Gasteiger partial charge in [-0.05, 0) is 46.9 Å². The standard InChI is InChI=1S/C25H28N4/c1-24(2)12-13-25(3,4)20-15-18(9-10-19(20)24)21-11-14-28-23(29-21)17-7-5-16(6-8-17)22(26)27/h5-11,14-15H,12-13H2,1-4H3,(H3,26,27). The number of nitrogens with one attached hydrogen (secondary N) is 1. The Bertz CT molecular complexity index is 1080. The predicted molar refractivity (Wildman–Crippen MR) is 119 cm³/mol. The summed E-state index contributed by atoms with van der Waals surface area (Å²) in [5.41, 5.74) is 12.5. The number of hydrogen-bond acceptors (Lipinski definition) is 3. The smallest absolute Gasteiger partial charge is 0.159 e. The van der Waals surface area contributed by atoms with Crippen LogP contribution in [-0.2, 0) is 10.8 Å². The van der Waals surface area contributed by atoms with Crippen LogP contribution in [0.15, 0.2) is 54.7 Å². The maximum Gasteiger partial charge on any atom is 0.159 e. The van der Waals surface area contributed by atoms with Gasteiger partial charge < -0.3 is 5.73 Å². The van der Waals surface area contributed by atoms with Gasteiger partial charge in [0.05, 0.1) is 5.69 Å². The summed E-state index contributed by atoms with van der Waals surface area (Å²) in [6, 6.07) is 16.2. The minimum Gasteiger partial charge on any atom is -0.384 e. The number of nitrogens with two attached hydrogens (primary N) is 1. The molecular weight excluding hydrogens is 356 g/mol. The van der Waals surface area contributed by atoms with Crippen LogP contribution < -0.4 is 5.73 Å². The molecular formula is C25H28N4. The van der Waals surface area contributed by atoms with Gasteiger partial charge in [-0.25, -0.2) is 9.97 Å². The van der Waals surface area contributed by atoms with Crippen molar-refractivity contribution < 1.29 is 0 Å². The first kappa shape index (κ1) is 19.3. The minimum atomic E-state index is 0.0609. The average molecular weight is 385 g/mol. The van der Waals surface area contributed by atoms with Gasteiger partial charge in [0.1, 0.15) is 5.84 Å². The maximum absolute atomic E-state index is 7.54. The van der Waals surface area contributed by atoms with E-state index in [0.717, 1.165) is 16.8 Å². The van der Waals surface area contributed by atoms with Crippen molar-refractivity contribution in [2.24, 2.45) is 5.73 Å². The number of hydrogen-bond donors (Lipinski definition) is 2. The molecule has 4 heteroatoms. The van der Waals surface area contributed by atoms with Gasteiger partial charge in [-0.1, -0.05) is 64.1 Å². The Balaban J connectivity index is 1.75. The highest BCUT2D eigenvalue weighted by atomic mass is 14.9. The zero-order valence-corrected chi connectivity index (χ0v) is 17.6. The predicted octanol–water partition coefficient (Wildman–Crippen LogP) is 5.44. The summed E-state index contributed by atoms with van der Waals surface area (Å²) in [7, 11) is 0. The first-order valence-electron chi connectivity index (χ1n) is 10.1. The second-order valence-electron chi connectivity index (χ2n) is 9.28. The van der Waals surface area contributed by atoms with Crippen molar-refractivity contribution in [2.75, 3.05) is 0 Å². The van der Waals surface area contributed by atoms with Crippen LogP contribution in [0.25, 0.3) is 22.6 Å². The van der Waals surface area contributed by atoms with Crippen LogP contribution in [-0.4, -0.2) is 15.8 Å². The lowest BCUT2D eigenvalue weighted by Gasteiger charge is -2.42. The molecule has 29 heavy (non-hydrogen) atoms. The van der Waals surface area contributed by atoms with E-state index in [1.807, 2.05) is 36.5 Å². The molecule has 1 aliphatic carbocycles. The van der Waals surface area contributed by atoms with Crippen molar-refractivity contribution in [3.05, 3.63) is 71.4 Å². The summed E-state index contributed by atoms with van der Waals surface area (Å²) < 4.78 is 0. The molecule has 0 amide bonds. The number of benzene rings is 2. The second kappa shape index (κ2) is 6.80. The summed E-state index contributed by atoms with van der Waals surface area (Å²) in [5, 5.41) is 7.54. The summed E-state index contributed by atoms with van der Waals surface area (Å²) >= 11 is 0. The van der Waals surface area contributed by atoms with E-state index in [2.05, 4.69) is 50.9 Å². The monoisotopic (exact) mass is 384 g/mol. The van der Waals surface area contributed by atoms with Crippen LogP contribution in [0.3, 0.4) is 0 Å². The zero-order valence-electron chi connectivity index (χ0n) is 17.6. The second-order valence-corrected chi connectivity index (χ2v) is 9.28. The van der Waals surface area contributed by atoms with Crippen molar-refractivity contribution in [2.45, 2.75) is 51.4 Å². The normalized spacial score (nSPS) is 16.8. The molecule has 0 unspecified atom stereocenters. The summed E-state index contributed by atoms with van der Waals surface area (Å²) in [4.78, 5) is 9.28. The molecule has 148 valence electrons. The molecule has 0 spiro atoms. The van der Waals surface area contributed by atoms with E-state index < -0.39 is 0 Å².